The number of carbonyl (C=O) groups is 3. The van der Waals surface area contributed by atoms with Crippen LogP contribution in [0.3, 0.4) is 0 Å². The van der Waals surface area contributed by atoms with E-state index in [0.717, 1.165) is 22.3 Å². The normalized spacial score (nSPS) is 18.0. The molecule has 2 N–H and O–H groups in total. The van der Waals surface area contributed by atoms with Gasteiger partial charge in [-0.2, -0.15) is 0 Å². The second-order valence-electron chi connectivity index (χ2n) is 8.67. The molecule has 180 valence electrons. The van der Waals surface area contributed by atoms with Gasteiger partial charge < -0.3 is 24.8 Å². The summed E-state index contributed by atoms with van der Waals surface area (Å²) in [5, 5.41) is 11.9. The van der Waals surface area contributed by atoms with Crippen LogP contribution in [0, 0.1) is 0 Å². The Bertz CT molecular complexity index is 1010. The number of nitrogens with zero attached hydrogens (tertiary/aromatic N) is 1. The zero-order valence-electron chi connectivity index (χ0n) is 19.2. The van der Waals surface area contributed by atoms with Crippen molar-refractivity contribution >= 4 is 18.0 Å². The molecule has 1 aliphatic heterocycles. The highest BCUT2D eigenvalue weighted by Crippen LogP contribution is 2.44. The molecule has 1 unspecified atom stereocenters. The third-order valence-corrected chi connectivity index (χ3v) is 6.43. The van der Waals surface area contributed by atoms with Crippen LogP contribution in [0.15, 0.2) is 48.5 Å². The van der Waals surface area contributed by atoms with Crippen molar-refractivity contribution in [3.63, 3.8) is 0 Å². The SMILES string of the molecule is CCC[C@H](NC(=O)OCC1c2ccccc2-c2ccccc21)C(=O)N1CCOCC1CC(=O)O. The van der Waals surface area contributed by atoms with Crippen LogP contribution >= 0.6 is 0 Å². The molecule has 34 heavy (non-hydrogen) atoms. The summed E-state index contributed by atoms with van der Waals surface area (Å²) >= 11 is 0. The summed E-state index contributed by atoms with van der Waals surface area (Å²) in [6.45, 7) is 2.89. The first-order chi connectivity index (χ1) is 16.5. The van der Waals surface area contributed by atoms with Crippen LogP contribution < -0.4 is 5.32 Å². The third-order valence-electron chi connectivity index (χ3n) is 6.43. The van der Waals surface area contributed by atoms with E-state index < -0.39 is 24.1 Å². The summed E-state index contributed by atoms with van der Waals surface area (Å²) in [7, 11) is 0. The predicted molar refractivity (Wildman–Crippen MR) is 125 cm³/mol. The lowest BCUT2D eigenvalue weighted by atomic mass is 9.98. The lowest BCUT2D eigenvalue weighted by molar-refractivity contribution is -0.147. The van der Waals surface area contributed by atoms with Gasteiger partial charge in [0.1, 0.15) is 12.6 Å². The van der Waals surface area contributed by atoms with E-state index in [1.54, 1.807) is 0 Å². The molecule has 0 bridgehead atoms. The Morgan fingerprint density at radius 1 is 1.12 bits per heavy atom. The van der Waals surface area contributed by atoms with E-state index >= 15 is 0 Å². The maximum atomic E-state index is 13.2. The summed E-state index contributed by atoms with van der Waals surface area (Å²) in [5.41, 5.74) is 4.51. The molecule has 2 atom stereocenters. The van der Waals surface area contributed by atoms with Crippen molar-refractivity contribution in [3.05, 3.63) is 59.7 Å². The number of fused-ring (bicyclic) bond motifs is 3. The van der Waals surface area contributed by atoms with Crippen molar-refractivity contribution in [2.24, 2.45) is 0 Å². The number of nitrogens with one attached hydrogen (secondary N) is 1. The molecule has 0 aromatic heterocycles. The number of rotatable bonds is 8. The van der Waals surface area contributed by atoms with E-state index in [0.29, 0.717) is 26.0 Å². The van der Waals surface area contributed by atoms with Gasteiger partial charge in [-0.25, -0.2) is 4.79 Å². The molecule has 2 aromatic carbocycles. The molecule has 1 heterocycles. The van der Waals surface area contributed by atoms with Crippen LogP contribution in [0.25, 0.3) is 11.1 Å². The Morgan fingerprint density at radius 3 is 2.38 bits per heavy atom. The zero-order chi connectivity index (χ0) is 24.1. The van der Waals surface area contributed by atoms with Gasteiger partial charge in [0, 0.05) is 12.5 Å². The van der Waals surface area contributed by atoms with Crippen LogP contribution in [-0.2, 0) is 19.1 Å². The standard InChI is InChI=1S/C26H30N2O6/c1-2-7-23(25(31)28-12-13-33-15-17(28)14-24(29)30)27-26(32)34-16-22-20-10-5-3-8-18(20)19-9-4-6-11-21(19)22/h3-6,8-11,17,22-23H,2,7,12-16H2,1H3,(H,27,32)(H,29,30)/t17?,23-/m0/s1. The van der Waals surface area contributed by atoms with Crippen LogP contribution in [0.4, 0.5) is 4.79 Å². The number of amides is 2. The molecule has 0 radical (unpaired) electrons. The second kappa shape index (κ2) is 10.7. The summed E-state index contributed by atoms with van der Waals surface area (Å²) in [6.07, 6.45) is 0.251. The predicted octanol–water partition coefficient (Wildman–Crippen LogP) is 3.40. The molecule has 0 saturated carbocycles. The van der Waals surface area contributed by atoms with Gasteiger partial charge in [-0.1, -0.05) is 61.9 Å². The number of carboxylic acid groups (broad SMARTS) is 1. The Balaban J connectivity index is 1.42. The Morgan fingerprint density at radius 2 is 1.76 bits per heavy atom. The van der Waals surface area contributed by atoms with Gasteiger partial charge in [0.2, 0.25) is 5.91 Å². The first-order valence-electron chi connectivity index (χ1n) is 11.7. The average Bonchev–Trinajstić information content (AvgIpc) is 3.16. The average molecular weight is 467 g/mol. The first kappa shape index (κ1) is 23.8. The number of carboxylic acids is 1. The molecule has 8 heteroatoms. The molecule has 2 aliphatic rings. The topological polar surface area (TPSA) is 105 Å². The maximum Gasteiger partial charge on any atom is 0.407 e. The molecule has 1 aliphatic carbocycles. The van der Waals surface area contributed by atoms with Crippen molar-refractivity contribution in [1.29, 1.82) is 0 Å². The van der Waals surface area contributed by atoms with Gasteiger partial charge in [-0.3, -0.25) is 9.59 Å². The van der Waals surface area contributed by atoms with Crippen LogP contribution in [0.2, 0.25) is 0 Å². The van der Waals surface area contributed by atoms with Gasteiger partial charge in [0.25, 0.3) is 0 Å². The highest BCUT2D eigenvalue weighted by molar-refractivity contribution is 5.86. The number of hydrogen-bond donors (Lipinski definition) is 2. The fourth-order valence-electron chi connectivity index (χ4n) is 4.84. The molecular weight excluding hydrogens is 436 g/mol. The lowest BCUT2D eigenvalue weighted by Gasteiger charge is -2.37. The summed E-state index contributed by atoms with van der Waals surface area (Å²) in [6, 6.07) is 14.8. The minimum absolute atomic E-state index is 0.0716. The fraction of sp³-hybridized carbons (Fsp3) is 0.423. The lowest BCUT2D eigenvalue weighted by Crippen LogP contribution is -2.56. The number of morpholine rings is 1. The Kier molecular flexibility index (Phi) is 7.47. The van der Waals surface area contributed by atoms with Crippen molar-refractivity contribution < 1.29 is 29.0 Å². The van der Waals surface area contributed by atoms with Crippen LogP contribution in [0.5, 0.6) is 0 Å². The van der Waals surface area contributed by atoms with E-state index in [-0.39, 0.29) is 31.5 Å². The molecule has 0 spiro atoms. The minimum atomic E-state index is -0.996. The van der Waals surface area contributed by atoms with E-state index in [2.05, 4.69) is 17.4 Å². The number of aliphatic carboxylic acids is 1. The van der Waals surface area contributed by atoms with Gasteiger partial charge in [-0.05, 0) is 28.7 Å². The largest absolute Gasteiger partial charge is 0.481 e. The quantitative estimate of drug-likeness (QED) is 0.618. The highest BCUT2D eigenvalue weighted by atomic mass is 16.5. The van der Waals surface area contributed by atoms with Crippen molar-refractivity contribution in [3.8, 4) is 11.1 Å². The number of hydrogen-bond acceptors (Lipinski definition) is 5. The molecule has 4 rings (SSSR count). The van der Waals surface area contributed by atoms with Gasteiger partial charge in [0.15, 0.2) is 0 Å². The molecule has 1 fully saturated rings. The minimum Gasteiger partial charge on any atom is -0.481 e. The smallest absolute Gasteiger partial charge is 0.407 e. The Labute approximate surface area is 198 Å². The summed E-state index contributed by atoms with van der Waals surface area (Å²) < 4.78 is 11.0. The molecule has 2 aromatic rings. The second-order valence-corrected chi connectivity index (χ2v) is 8.67. The van der Waals surface area contributed by atoms with Crippen molar-refractivity contribution in [1.82, 2.24) is 10.2 Å². The van der Waals surface area contributed by atoms with Gasteiger partial charge >= 0.3 is 12.1 Å². The van der Waals surface area contributed by atoms with E-state index in [1.165, 1.54) is 4.90 Å². The number of ether oxygens (including phenoxy) is 2. The van der Waals surface area contributed by atoms with Crippen molar-refractivity contribution in [2.45, 2.75) is 44.2 Å². The van der Waals surface area contributed by atoms with Gasteiger partial charge in [-0.15, -0.1) is 0 Å². The molecular formula is C26H30N2O6. The van der Waals surface area contributed by atoms with Crippen LogP contribution in [0.1, 0.15) is 43.2 Å². The van der Waals surface area contributed by atoms with Crippen molar-refractivity contribution in [2.75, 3.05) is 26.4 Å². The summed E-state index contributed by atoms with van der Waals surface area (Å²) in [4.78, 5) is 38.7. The first-order valence-corrected chi connectivity index (χ1v) is 11.7. The van der Waals surface area contributed by atoms with Gasteiger partial charge in [0.05, 0.1) is 25.7 Å². The number of carbonyl (C=O) groups excluding carboxylic acids is 2. The molecule has 2 amide bonds. The van der Waals surface area contributed by atoms with Crippen LogP contribution in [-0.4, -0.2) is 66.4 Å². The van der Waals surface area contributed by atoms with E-state index in [1.807, 2.05) is 43.3 Å². The monoisotopic (exact) mass is 466 g/mol. The molecule has 8 nitrogen and oxygen atoms in total. The number of alkyl carbamates (subject to hydrolysis) is 1. The fourth-order valence-corrected chi connectivity index (χ4v) is 4.84. The zero-order valence-corrected chi connectivity index (χ0v) is 19.2. The maximum absolute atomic E-state index is 13.2. The van der Waals surface area contributed by atoms with E-state index in [9.17, 15) is 19.5 Å². The Hall–Kier alpha value is -3.39. The summed E-state index contributed by atoms with van der Waals surface area (Å²) in [5.74, 6) is -1.37. The third kappa shape index (κ3) is 5.07. The van der Waals surface area contributed by atoms with E-state index in [4.69, 9.17) is 9.47 Å². The number of benzene rings is 2. The molecule has 1 saturated heterocycles. The highest BCUT2D eigenvalue weighted by Gasteiger charge is 2.34.